The van der Waals surface area contributed by atoms with Gasteiger partial charge in [-0.05, 0) is 23.9 Å². The predicted molar refractivity (Wildman–Crippen MR) is 71.0 cm³/mol. The number of aromatic nitrogens is 2. The van der Waals surface area contributed by atoms with Crippen LogP contribution in [0.5, 0.6) is 0 Å². The van der Waals surface area contributed by atoms with Gasteiger partial charge in [-0.15, -0.1) is 11.3 Å². The van der Waals surface area contributed by atoms with E-state index in [0.29, 0.717) is 5.95 Å². The minimum Gasteiger partial charge on any atom is -0.480 e. The zero-order chi connectivity index (χ0) is 13.1. The molecule has 0 aromatic carbocycles. The minimum atomic E-state index is -0.903. The highest BCUT2D eigenvalue weighted by Crippen LogP contribution is 2.28. The van der Waals surface area contributed by atoms with Crippen LogP contribution in [0.2, 0.25) is 0 Å². The van der Waals surface area contributed by atoms with Gasteiger partial charge in [0.15, 0.2) is 0 Å². The van der Waals surface area contributed by atoms with E-state index in [-0.39, 0.29) is 6.54 Å². The Hall–Kier alpha value is -1.95. The fraction of sp³-hybridized carbons (Fsp3) is 0.250. The van der Waals surface area contributed by atoms with Crippen LogP contribution in [0.4, 0.5) is 5.95 Å². The Kier molecular flexibility index (Phi) is 3.57. The fourth-order valence-electron chi connectivity index (χ4n) is 1.58. The van der Waals surface area contributed by atoms with Crippen LogP contribution in [0.3, 0.4) is 0 Å². The molecule has 0 atom stereocenters. The Labute approximate surface area is 109 Å². The molecule has 0 spiro atoms. The van der Waals surface area contributed by atoms with Crippen LogP contribution in [0.15, 0.2) is 23.8 Å². The van der Waals surface area contributed by atoms with Crippen molar-refractivity contribution in [2.24, 2.45) is 0 Å². The van der Waals surface area contributed by atoms with Crippen LogP contribution in [0, 0.1) is 6.92 Å². The minimum absolute atomic E-state index is 0.114. The zero-order valence-electron chi connectivity index (χ0n) is 10.1. The molecule has 18 heavy (non-hydrogen) atoms. The molecule has 0 saturated heterocycles. The van der Waals surface area contributed by atoms with Gasteiger partial charge in [0.25, 0.3) is 0 Å². The van der Waals surface area contributed by atoms with E-state index in [0.717, 1.165) is 10.4 Å². The number of carboxylic acids is 1. The lowest BCUT2D eigenvalue weighted by molar-refractivity contribution is -0.135. The van der Waals surface area contributed by atoms with E-state index in [1.54, 1.807) is 30.8 Å². The molecular formula is C12H13N3O2S. The number of carbonyl (C=O) groups is 1. The first-order valence-corrected chi connectivity index (χ1v) is 6.25. The maximum atomic E-state index is 10.6. The quantitative estimate of drug-likeness (QED) is 0.914. The third-order valence-electron chi connectivity index (χ3n) is 2.48. The number of hydrogen-bond donors (Lipinski definition) is 1. The summed E-state index contributed by atoms with van der Waals surface area (Å²) in [5.74, 6) is -0.491. The van der Waals surface area contributed by atoms with Crippen LogP contribution in [0.1, 0.15) is 5.56 Å². The van der Waals surface area contributed by atoms with Crippen molar-refractivity contribution < 1.29 is 9.90 Å². The second-order valence-corrected chi connectivity index (χ2v) is 4.87. The molecule has 5 nitrogen and oxygen atoms in total. The third kappa shape index (κ3) is 2.65. The van der Waals surface area contributed by atoms with Crippen molar-refractivity contribution in [1.82, 2.24) is 9.97 Å². The Morgan fingerprint density at radius 2 is 2.11 bits per heavy atom. The summed E-state index contributed by atoms with van der Waals surface area (Å²) in [6.45, 7) is 1.92. The second-order valence-electron chi connectivity index (χ2n) is 3.95. The Bertz CT molecular complexity index is 551. The molecule has 0 bridgehead atoms. The molecule has 2 rings (SSSR count). The summed E-state index contributed by atoms with van der Waals surface area (Å²) < 4.78 is 0. The Balaban J connectivity index is 2.20. The van der Waals surface area contributed by atoms with E-state index in [9.17, 15) is 4.79 Å². The van der Waals surface area contributed by atoms with Crippen molar-refractivity contribution in [2.45, 2.75) is 6.92 Å². The molecule has 2 aromatic heterocycles. The average Bonchev–Trinajstić information content (AvgIpc) is 2.75. The Morgan fingerprint density at radius 3 is 2.61 bits per heavy atom. The molecule has 1 N–H and O–H groups in total. The Morgan fingerprint density at radius 1 is 1.44 bits per heavy atom. The zero-order valence-corrected chi connectivity index (χ0v) is 10.9. The molecule has 0 amide bonds. The molecule has 6 heteroatoms. The van der Waals surface area contributed by atoms with E-state index in [1.165, 1.54) is 10.5 Å². The van der Waals surface area contributed by atoms with Gasteiger partial charge in [-0.1, -0.05) is 0 Å². The maximum Gasteiger partial charge on any atom is 0.323 e. The van der Waals surface area contributed by atoms with Crippen LogP contribution in [0.25, 0.3) is 10.4 Å². The molecule has 2 aromatic rings. The lowest BCUT2D eigenvalue weighted by Gasteiger charge is -2.13. The highest BCUT2D eigenvalue weighted by Gasteiger charge is 2.09. The first-order chi connectivity index (χ1) is 8.58. The van der Waals surface area contributed by atoms with Crippen LogP contribution >= 0.6 is 11.3 Å². The molecule has 0 saturated carbocycles. The number of likely N-dealkylation sites (N-methyl/N-ethyl adjacent to an activating group) is 1. The van der Waals surface area contributed by atoms with Gasteiger partial charge in [-0.3, -0.25) is 4.79 Å². The average molecular weight is 263 g/mol. The van der Waals surface area contributed by atoms with E-state index >= 15 is 0 Å². The molecule has 2 heterocycles. The van der Waals surface area contributed by atoms with Crippen molar-refractivity contribution in [3.8, 4) is 10.4 Å². The molecule has 0 unspecified atom stereocenters. The van der Waals surface area contributed by atoms with Gasteiger partial charge in [0.2, 0.25) is 5.95 Å². The number of nitrogens with zero attached hydrogens (tertiary/aromatic N) is 3. The largest absolute Gasteiger partial charge is 0.480 e. The fourth-order valence-corrected chi connectivity index (χ4v) is 2.48. The van der Waals surface area contributed by atoms with Gasteiger partial charge in [-0.2, -0.15) is 0 Å². The van der Waals surface area contributed by atoms with Gasteiger partial charge in [0, 0.05) is 29.9 Å². The van der Waals surface area contributed by atoms with Crippen LogP contribution < -0.4 is 4.90 Å². The lowest BCUT2D eigenvalue weighted by atomic mass is 10.2. The monoisotopic (exact) mass is 263 g/mol. The number of aryl methyl sites for hydroxylation is 1. The number of rotatable bonds is 4. The molecule has 0 aliphatic carbocycles. The number of carboxylic acid groups (broad SMARTS) is 1. The van der Waals surface area contributed by atoms with Crippen LogP contribution in [-0.4, -0.2) is 34.6 Å². The van der Waals surface area contributed by atoms with Crippen molar-refractivity contribution in [3.63, 3.8) is 0 Å². The normalized spacial score (nSPS) is 10.3. The summed E-state index contributed by atoms with van der Waals surface area (Å²) in [7, 11) is 1.65. The lowest BCUT2D eigenvalue weighted by Crippen LogP contribution is -2.26. The van der Waals surface area contributed by atoms with Crippen LogP contribution in [-0.2, 0) is 4.79 Å². The molecule has 0 fully saturated rings. The number of thiophene rings is 1. The summed E-state index contributed by atoms with van der Waals surface area (Å²) in [6.07, 6.45) is 3.44. The topological polar surface area (TPSA) is 66.3 Å². The highest BCUT2D eigenvalue weighted by molar-refractivity contribution is 7.13. The summed E-state index contributed by atoms with van der Waals surface area (Å²) in [4.78, 5) is 21.6. The standard InChI is InChI=1S/C12H13N3O2S/c1-8-3-4-18-11(8)9-5-13-12(14-6-9)15(2)7-10(16)17/h3-6H,7H2,1-2H3,(H,16,17). The smallest absolute Gasteiger partial charge is 0.323 e. The summed E-state index contributed by atoms with van der Waals surface area (Å²) in [5, 5.41) is 10.7. The molecule has 0 aliphatic heterocycles. The first kappa shape index (κ1) is 12.5. The van der Waals surface area contributed by atoms with Gasteiger partial charge in [-0.25, -0.2) is 9.97 Å². The number of hydrogen-bond acceptors (Lipinski definition) is 5. The van der Waals surface area contributed by atoms with E-state index < -0.39 is 5.97 Å². The van der Waals surface area contributed by atoms with Gasteiger partial charge >= 0.3 is 5.97 Å². The van der Waals surface area contributed by atoms with Gasteiger partial charge < -0.3 is 10.0 Å². The second kappa shape index (κ2) is 5.14. The predicted octanol–water partition coefficient (Wildman–Crippen LogP) is 2.03. The summed E-state index contributed by atoms with van der Waals surface area (Å²) in [6, 6.07) is 2.05. The van der Waals surface area contributed by atoms with Gasteiger partial charge in [0.1, 0.15) is 6.54 Å². The molecule has 0 aliphatic rings. The molecular weight excluding hydrogens is 250 g/mol. The van der Waals surface area contributed by atoms with Gasteiger partial charge in [0.05, 0.1) is 0 Å². The first-order valence-electron chi connectivity index (χ1n) is 5.37. The number of anilines is 1. The molecule has 94 valence electrons. The molecule has 0 radical (unpaired) electrons. The summed E-state index contributed by atoms with van der Waals surface area (Å²) >= 11 is 1.64. The van der Waals surface area contributed by atoms with E-state index in [4.69, 9.17) is 5.11 Å². The number of aliphatic carboxylic acids is 1. The van der Waals surface area contributed by atoms with Crippen molar-refractivity contribution in [1.29, 1.82) is 0 Å². The SMILES string of the molecule is Cc1ccsc1-c1cnc(N(C)CC(=O)O)nc1. The summed E-state index contributed by atoms with van der Waals surface area (Å²) in [5.41, 5.74) is 2.14. The van der Waals surface area contributed by atoms with Crippen molar-refractivity contribution in [3.05, 3.63) is 29.4 Å². The van der Waals surface area contributed by atoms with Crippen molar-refractivity contribution in [2.75, 3.05) is 18.5 Å². The van der Waals surface area contributed by atoms with E-state index in [1.807, 2.05) is 18.4 Å². The maximum absolute atomic E-state index is 10.6. The van der Waals surface area contributed by atoms with Crippen molar-refractivity contribution >= 4 is 23.3 Å². The third-order valence-corrected chi connectivity index (χ3v) is 3.54. The highest BCUT2D eigenvalue weighted by atomic mass is 32.1. The van der Waals surface area contributed by atoms with E-state index in [2.05, 4.69) is 9.97 Å².